The molecule has 0 radical (unpaired) electrons. The average Bonchev–Trinajstić information content (AvgIpc) is 2.85. The van der Waals surface area contributed by atoms with Gasteiger partial charge in [0.1, 0.15) is 5.75 Å². The lowest BCUT2D eigenvalue weighted by Crippen LogP contribution is -1.81. The van der Waals surface area contributed by atoms with Crippen LogP contribution in [0.2, 0.25) is 0 Å². The third kappa shape index (κ3) is 3.10. The van der Waals surface area contributed by atoms with Gasteiger partial charge in [0, 0.05) is 4.88 Å². The molecule has 1 heterocycles. The molecular formula is C13H16OS. The van der Waals surface area contributed by atoms with E-state index in [2.05, 4.69) is 29.6 Å². The molecule has 15 heavy (non-hydrogen) atoms. The summed E-state index contributed by atoms with van der Waals surface area (Å²) in [7, 11) is 1.68. The Morgan fingerprint density at radius 1 is 1.00 bits per heavy atom. The summed E-state index contributed by atoms with van der Waals surface area (Å²) in [6.07, 6.45) is 0. The molecule has 0 aliphatic carbocycles. The second-order valence-electron chi connectivity index (χ2n) is 2.71. The molecule has 1 nitrogen and oxygen atoms in total. The summed E-state index contributed by atoms with van der Waals surface area (Å²) in [5.41, 5.74) is 1.25. The molecule has 0 aliphatic heterocycles. The van der Waals surface area contributed by atoms with Crippen LogP contribution < -0.4 is 4.74 Å². The third-order valence-corrected chi connectivity index (χ3v) is 2.81. The van der Waals surface area contributed by atoms with Crippen LogP contribution in [0.1, 0.15) is 13.8 Å². The molecule has 0 fully saturated rings. The molecule has 0 aliphatic rings. The molecule has 2 heteroatoms. The summed E-state index contributed by atoms with van der Waals surface area (Å²) in [5, 5.41) is 2.08. The van der Waals surface area contributed by atoms with Gasteiger partial charge in [-0.3, -0.25) is 0 Å². The maximum Gasteiger partial charge on any atom is 0.118 e. The van der Waals surface area contributed by atoms with E-state index in [-0.39, 0.29) is 0 Å². The minimum Gasteiger partial charge on any atom is -0.497 e. The van der Waals surface area contributed by atoms with Crippen LogP contribution in [0.15, 0.2) is 41.8 Å². The number of benzene rings is 1. The highest BCUT2D eigenvalue weighted by molar-refractivity contribution is 7.13. The minimum absolute atomic E-state index is 0.903. The molecule has 0 spiro atoms. The van der Waals surface area contributed by atoms with Gasteiger partial charge in [-0.1, -0.05) is 19.9 Å². The van der Waals surface area contributed by atoms with E-state index in [0.29, 0.717) is 0 Å². The molecule has 0 N–H and O–H groups in total. The predicted octanol–water partition coefficient (Wildman–Crippen LogP) is 4.45. The van der Waals surface area contributed by atoms with Crippen molar-refractivity contribution in [2.75, 3.05) is 7.11 Å². The second kappa shape index (κ2) is 6.25. The predicted molar refractivity (Wildman–Crippen MR) is 67.7 cm³/mol. The monoisotopic (exact) mass is 220 g/mol. The van der Waals surface area contributed by atoms with Crippen molar-refractivity contribution >= 4 is 11.3 Å². The maximum atomic E-state index is 5.09. The topological polar surface area (TPSA) is 9.23 Å². The second-order valence-corrected chi connectivity index (χ2v) is 3.65. The lowest BCUT2D eigenvalue weighted by Gasteiger charge is -2.00. The standard InChI is InChI=1S/C11H10OS.C2H6/c1-12-10-6-4-9(5-7-10)11-3-2-8-13-11;1-2/h2-8H,1H3;1-2H3. The quantitative estimate of drug-likeness (QED) is 0.726. The van der Waals surface area contributed by atoms with Crippen molar-refractivity contribution in [2.45, 2.75) is 13.8 Å². The number of rotatable bonds is 2. The van der Waals surface area contributed by atoms with E-state index >= 15 is 0 Å². The molecule has 2 aromatic rings. The molecule has 2 rings (SSSR count). The normalized spacial score (nSPS) is 9.00. The highest BCUT2D eigenvalue weighted by Crippen LogP contribution is 2.25. The van der Waals surface area contributed by atoms with Gasteiger partial charge in [0.2, 0.25) is 0 Å². The van der Waals surface area contributed by atoms with E-state index in [4.69, 9.17) is 4.74 Å². The van der Waals surface area contributed by atoms with Gasteiger partial charge in [0.25, 0.3) is 0 Å². The van der Waals surface area contributed by atoms with Crippen LogP contribution in [0.4, 0.5) is 0 Å². The van der Waals surface area contributed by atoms with Gasteiger partial charge in [0.05, 0.1) is 7.11 Å². The maximum absolute atomic E-state index is 5.09. The fraction of sp³-hybridized carbons (Fsp3) is 0.231. The highest BCUT2D eigenvalue weighted by atomic mass is 32.1. The average molecular weight is 220 g/mol. The zero-order chi connectivity index (χ0) is 11.1. The summed E-state index contributed by atoms with van der Waals surface area (Å²) < 4.78 is 5.09. The number of thiophene rings is 1. The Labute approximate surface area is 95.3 Å². The van der Waals surface area contributed by atoms with Crippen LogP contribution in [-0.2, 0) is 0 Å². The van der Waals surface area contributed by atoms with Gasteiger partial charge in [-0.2, -0.15) is 0 Å². The van der Waals surface area contributed by atoms with Gasteiger partial charge in [-0.05, 0) is 41.3 Å². The summed E-state index contributed by atoms with van der Waals surface area (Å²) in [6, 6.07) is 12.3. The van der Waals surface area contributed by atoms with Gasteiger partial charge in [-0.15, -0.1) is 11.3 Å². The first-order chi connectivity index (χ1) is 7.40. The molecule has 0 bridgehead atoms. The molecule has 0 unspecified atom stereocenters. The first-order valence-corrected chi connectivity index (χ1v) is 5.96. The van der Waals surface area contributed by atoms with E-state index in [1.54, 1.807) is 18.4 Å². The van der Waals surface area contributed by atoms with Crippen LogP contribution in [0.25, 0.3) is 10.4 Å². The zero-order valence-corrected chi connectivity index (χ0v) is 10.2. The number of hydrogen-bond donors (Lipinski definition) is 0. The van der Waals surface area contributed by atoms with E-state index < -0.39 is 0 Å². The molecule has 1 aromatic carbocycles. The van der Waals surface area contributed by atoms with Crippen LogP contribution in [-0.4, -0.2) is 7.11 Å². The summed E-state index contributed by atoms with van der Waals surface area (Å²) >= 11 is 1.75. The van der Waals surface area contributed by atoms with Crippen molar-refractivity contribution in [1.82, 2.24) is 0 Å². The number of methoxy groups -OCH3 is 1. The Morgan fingerprint density at radius 3 is 2.13 bits per heavy atom. The number of ether oxygens (including phenoxy) is 1. The Kier molecular flexibility index (Phi) is 4.91. The Hall–Kier alpha value is -1.28. The number of hydrogen-bond acceptors (Lipinski definition) is 2. The van der Waals surface area contributed by atoms with Crippen molar-refractivity contribution in [1.29, 1.82) is 0 Å². The molecule has 0 amide bonds. The van der Waals surface area contributed by atoms with Crippen LogP contribution in [0, 0.1) is 0 Å². The van der Waals surface area contributed by atoms with Gasteiger partial charge < -0.3 is 4.74 Å². The summed E-state index contributed by atoms with van der Waals surface area (Å²) in [6.45, 7) is 4.00. The largest absolute Gasteiger partial charge is 0.497 e. The summed E-state index contributed by atoms with van der Waals surface area (Å²) in [4.78, 5) is 1.29. The van der Waals surface area contributed by atoms with Gasteiger partial charge >= 0.3 is 0 Å². The summed E-state index contributed by atoms with van der Waals surface area (Å²) in [5.74, 6) is 0.903. The molecule has 1 aromatic heterocycles. The van der Waals surface area contributed by atoms with Crippen LogP contribution in [0.5, 0.6) is 5.75 Å². The van der Waals surface area contributed by atoms with Crippen LogP contribution >= 0.6 is 11.3 Å². The van der Waals surface area contributed by atoms with Gasteiger partial charge in [-0.25, -0.2) is 0 Å². The smallest absolute Gasteiger partial charge is 0.118 e. The fourth-order valence-corrected chi connectivity index (χ4v) is 1.93. The van der Waals surface area contributed by atoms with E-state index in [1.165, 1.54) is 10.4 Å². The van der Waals surface area contributed by atoms with E-state index in [0.717, 1.165) is 5.75 Å². The lowest BCUT2D eigenvalue weighted by atomic mass is 10.2. The van der Waals surface area contributed by atoms with E-state index in [1.807, 2.05) is 26.0 Å². The molecule has 0 atom stereocenters. The van der Waals surface area contributed by atoms with Crippen molar-refractivity contribution in [3.05, 3.63) is 41.8 Å². The zero-order valence-electron chi connectivity index (χ0n) is 9.36. The molecule has 80 valence electrons. The molecule has 0 saturated heterocycles. The molecular weight excluding hydrogens is 204 g/mol. The SMILES string of the molecule is CC.COc1ccc(-c2cccs2)cc1. The first-order valence-electron chi connectivity index (χ1n) is 5.08. The highest BCUT2D eigenvalue weighted by Gasteiger charge is 1.97. The lowest BCUT2D eigenvalue weighted by molar-refractivity contribution is 0.415. The van der Waals surface area contributed by atoms with Crippen molar-refractivity contribution in [2.24, 2.45) is 0 Å². The first kappa shape index (κ1) is 11.8. The van der Waals surface area contributed by atoms with E-state index in [9.17, 15) is 0 Å². The third-order valence-electron chi connectivity index (χ3n) is 1.90. The van der Waals surface area contributed by atoms with Crippen LogP contribution in [0.3, 0.4) is 0 Å². The van der Waals surface area contributed by atoms with Crippen molar-refractivity contribution < 1.29 is 4.74 Å². The fourth-order valence-electron chi connectivity index (χ4n) is 1.20. The van der Waals surface area contributed by atoms with Crippen molar-refractivity contribution in [3.8, 4) is 16.2 Å². The van der Waals surface area contributed by atoms with Crippen molar-refractivity contribution in [3.63, 3.8) is 0 Å². The Morgan fingerprint density at radius 2 is 1.67 bits per heavy atom. The minimum atomic E-state index is 0.903. The molecule has 0 saturated carbocycles. The Bertz CT molecular complexity index is 362. The van der Waals surface area contributed by atoms with Gasteiger partial charge in [0.15, 0.2) is 0 Å². The Balaban J connectivity index is 0.000000531.